The van der Waals surface area contributed by atoms with Gasteiger partial charge in [0.1, 0.15) is 0 Å². The number of pyridine rings is 1. The highest BCUT2D eigenvalue weighted by Gasteiger charge is 2.10. The van der Waals surface area contributed by atoms with Crippen molar-refractivity contribution in [3.63, 3.8) is 0 Å². The van der Waals surface area contributed by atoms with Crippen LogP contribution in [0.1, 0.15) is 0 Å². The lowest BCUT2D eigenvalue weighted by Gasteiger charge is -2.04. The van der Waals surface area contributed by atoms with Crippen LogP contribution in [-0.2, 0) is 0 Å². The molecule has 0 aliphatic heterocycles. The van der Waals surface area contributed by atoms with Crippen LogP contribution in [0.15, 0.2) is 17.1 Å². The molecule has 1 aromatic rings. The molecular formula is C7H8N2O4. The van der Waals surface area contributed by atoms with Gasteiger partial charge in [-0.1, -0.05) is 0 Å². The molecule has 1 heterocycles. The number of primary amides is 1. The number of nitrogens with one attached hydrogen (secondary N) is 1. The molecule has 0 bridgehead atoms. The van der Waals surface area contributed by atoms with Crippen molar-refractivity contribution in [1.82, 2.24) is 4.98 Å². The Morgan fingerprint density at radius 3 is 2.85 bits per heavy atom. The number of aromatic amines is 1. The standard InChI is InChI=1S/C7H8N2O4/c1-12-4-2-3-9-6(10)5(4)13-7(8)11/h2-3H,1H3,(H2,8,11)(H,9,10). The van der Waals surface area contributed by atoms with E-state index >= 15 is 0 Å². The molecule has 1 rings (SSSR count). The van der Waals surface area contributed by atoms with Gasteiger partial charge in [0.25, 0.3) is 5.56 Å². The molecule has 1 amide bonds. The Kier molecular flexibility index (Phi) is 2.53. The Morgan fingerprint density at radius 2 is 2.31 bits per heavy atom. The van der Waals surface area contributed by atoms with Crippen molar-refractivity contribution in [1.29, 1.82) is 0 Å². The van der Waals surface area contributed by atoms with Gasteiger partial charge in [-0.15, -0.1) is 0 Å². The summed E-state index contributed by atoms with van der Waals surface area (Å²) in [6.07, 6.45) is 0.310. The molecule has 0 saturated heterocycles. The number of ether oxygens (including phenoxy) is 2. The number of hydrogen-bond donors (Lipinski definition) is 2. The fourth-order valence-corrected chi connectivity index (χ4v) is 0.804. The summed E-state index contributed by atoms with van der Waals surface area (Å²) < 4.78 is 9.21. The van der Waals surface area contributed by atoms with Crippen LogP contribution in [0, 0.1) is 0 Å². The first-order chi connectivity index (χ1) is 6.15. The van der Waals surface area contributed by atoms with Gasteiger partial charge in [-0.25, -0.2) is 4.79 Å². The third-order valence-corrected chi connectivity index (χ3v) is 1.30. The lowest BCUT2D eigenvalue weighted by molar-refractivity contribution is 0.208. The van der Waals surface area contributed by atoms with Crippen LogP contribution in [0.5, 0.6) is 11.5 Å². The predicted molar refractivity (Wildman–Crippen MR) is 43.8 cm³/mol. The van der Waals surface area contributed by atoms with Crippen molar-refractivity contribution < 1.29 is 14.3 Å². The largest absolute Gasteiger partial charge is 0.493 e. The quantitative estimate of drug-likeness (QED) is 0.667. The maximum absolute atomic E-state index is 11.1. The molecule has 1 aromatic heterocycles. The summed E-state index contributed by atoms with van der Waals surface area (Å²) in [6, 6.07) is 1.44. The van der Waals surface area contributed by atoms with E-state index in [1.807, 2.05) is 0 Å². The first-order valence-electron chi connectivity index (χ1n) is 3.38. The zero-order valence-corrected chi connectivity index (χ0v) is 6.87. The molecule has 0 atom stereocenters. The number of H-pyrrole nitrogens is 1. The summed E-state index contributed by atoms with van der Waals surface area (Å²) in [7, 11) is 1.35. The van der Waals surface area contributed by atoms with Gasteiger partial charge in [0.15, 0.2) is 5.75 Å². The van der Waals surface area contributed by atoms with Crippen molar-refractivity contribution in [3.05, 3.63) is 22.6 Å². The molecule has 0 unspecified atom stereocenters. The van der Waals surface area contributed by atoms with Gasteiger partial charge < -0.3 is 20.2 Å². The second-order valence-electron chi connectivity index (χ2n) is 2.13. The average Bonchev–Trinajstić information content (AvgIpc) is 2.08. The fourth-order valence-electron chi connectivity index (χ4n) is 0.804. The molecule has 0 aliphatic carbocycles. The van der Waals surface area contributed by atoms with Crippen LogP contribution in [0.2, 0.25) is 0 Å². The van der Waals surface area contributed by atoms with E-state index in [2.05, 4.69) is 9.72 Å². The Bertz CT molecular complexity index is 371. The zero-order chi connectivity index (χ0) is 9.84. The molecule has 13 heavy (non-hydrogen) atoms. The van der Waals surface area contributed by atoms with Crippen molar-refractivity contribution >= 4 is 6.09 Å². The van der Waals surface area contributed by atoms with Gasteiger partial charge in [0.2, 0.25) is 5.75 Å². The highest BCUT2D eigenvalue weighted by molar-refractivity contribution is 5.68. The highest BCUT2D eigenvalue weighted by atomic mass is 16.6. The molecule has 0 radical (unpaired) electrons. The zero-order valence-electron chi connectivity index (χ0n) is 6.87. The van der Waals surface area contributed by atoms with E-state index in [1.54, 1.807) is 0 Å². The van der Waals surface area contributed by atoms with E-state index < -0.39 is 11.7 Å². The molecule has 6 heteroatoms. The summed E-state index contributed by atoms with van der Waals surface area (Å²) in [5.41, 5.74) is 4.18. The number of carbonyl (C=O) groups excluding carboxylic acids is 1. The summed E-state index contributed by atoms with van der Waals surface area (Å²) in [5.74, 6) is -0.0833. The van der Waals surface area contributed by atoms with E-state index in [0.717, 1.165) is 0 Å². The van der Waals surface area contributed by atoms with Crippen LogP contribution in [0.4, 0.5) is 4.79 Å². The molecule has 3 N–H and O–H groups in total. The highest BCUT2D eigenvalue weighted by Crippen LogP contribution is 2.20. The Labute approximate surface area is 73.3 Å². The van der Waals surface area contributed by atoms with Gasteiger partial charge in [0.05, 0.1) is 7.11 Å². The van der Waals surface area contributed by atoms with Crippen molar-refractivity contribution in [2.75, 3.05) is 7.11 Å². The number of amides is 1. The maximum atomic E-state index is 11.1. The lowest BCUT2D eigenvalue weighted by Crippen LogP contribution is -2.21. The van der Waals surface area contributed by atoms with Gasteiger partial charge in [0, 0.05) is 12.3 Å². The van der Waals surface area contributed by atoms with Crippen LogP contribution in [0.3, 0.4) is 0 Å². The Hall–Kier alpha value is -1.98. The van der Waals surface area contributed by atoms with E-state index in [1.165, 1.54) is 19.4 Å². The van der Waals surface area contributed by atoms with Crippen LogP contribution in [-0.4, -0.2) is 18.2 Å². The van der Waals surface area contributed by atoms with Gasteiger partial charge >= 0.3 is 6.09 Å². The molecule has 0 aromatic carbocycles. The molecule has 0 fully saturated rings. The van der Waals surface area contributed by atoms with Crippen LogP contribution >= 0.6 is 0 Å². The number of methoxy groups -OCH3 is 1. The van der Waals surface area contributed by atoms with Crippen molar-refractivity contribution in [2.45, 2.75) is 0 Å². The molecule has 70 valence electrons. The van der Waals surface area contributed by atoms with Crippen LogP contribution in [0.25, 0.3) is 0 Å². The van der Waals surface area contributed by atoms with E-state index in [4.69, 9.17) is 10.5 Å². The number of aromatic nitrogens is 1. The number of hydrogen-bond acceptors (Lipinski definition) is 4. The molecule has 6 nitrogen and oxygen atoms in total. The smallest absolute Gasteiger partial charge is 0.410 e. The van der Waals surface area contributed by atoms with E-state index in [-0.39, 0.29) is 11.5 Å². The van der Waals surface area contributed by atoms with Crippen molar-refractivity contribution in [3.8, 4) is 11.5 Å². The molecular weight excluding hydrogens is 176 g/mol. The minimum absolute atomic E-state index is 0.155. The molecule has 0 aliphatic rings. The van der Waals surface area contributed by atoms with E-state index in [0.29, 0.717) is 0 Å². The molecule has 0 spiro atoms. The second kappa shape index (κ2) is 3.61. The fraction of sp³-hybridized carbons (Fsp3) is 0.143. The van der Waals surface area contributed by atoms with Crippen LogP contribution < -0.4 is 20.8 Å². The van der Waals surface area contributed by atoms with Gasteiger partial charge in [-0.3, -0.25) is 4.79 Å². The van der Waals surface area contributed by atoms with Crippen molar-refractivity contribution in [2.24, 2.45) is 5.73 Å². The monoisotopic (exact) mass is 184 g/mol. The normalized spacial score (nSPS) is 9.31. The Morgan fingerprint density at radius 1 is 1.62 bits per heavy atom. The minimum Gasteiger partial charge on any atom is -0.493 e. The van der Waals surface area contributed by atoms with Gasteiger partial charge in [-0.2, -0.15) is 0 Å². The summed E-state index contributed by atoms with van der Waals surface area (Å²) >= 11 is 0. The third kappa shape index (κ3) is 1.98. The first kappa shape index (κ1) is 9.11. The number of rotatable bonds is 2. The topological polar surface area (TPSA) is 94.4 Å². The van der Waals surface area contributed by atoms with E-state index in [9.17, 15) is 9.59 Å². The minimum atomic E-state index is -1.06. The van der Waals surface area contributed by atoms with Gasteiger partial charge in [-0.05, 0) is 0 Å². The summed E-state index contributed by atoms with van der Waals surface area (Å²) in [5, 5.41) is 0. The third-order valence-electron chi connectivity index (χ3n) is 1.30. The SMILES string of the molecule is COc1cc[nH]c(=O)c1OC(N)=O. The second-order valence-corrected chi connectivity index (χ2v) is 2.13. The number of nitrogens with two attached hydrogens (primary N) is 1. The summed E-state index contributed by atoms with van der Waals surface area (Å²) in [4.78, 5) is 23.8. The summed E-state index contributed by atoms with van der Waals surface area (Å²) in [6.45, 7) is 0. The Balaban J connectivity index is 3.15. The maximum Gasteiger partial charge on any atom is 0.410 e. The average molecular weight is 184 g/mol. The lowest BCUT2D eigenvalue weighted by atomic mass is 10.4. The predicted octanol–water partition coefficient (Wildman–Crippen LogP) is -0.159. The first-order valence-corrected chi connectivity index (χ1v) is 3.38. The number of carbonyl (C=O) groups is 1. The molecule has 0 saturated carbocycles.